The van der Waals surface area contributed by atoms with Crippen LogP contribution in [0.25, 0.3) is 14.8 Å². The third-order valence-corrected chi connectivity index (χ3v) is 5.21. The van der Waals surface area contributed by atoms with E-state index in [9.17, 15) is 0 Å². The van der Waals surface area contributed by atoms with Crippen molar-refractivity contribution in [2.75, 3.05) is 0 Å². The molecular formula is C15H12N4S2. The van der Waals surface area contributed by atoms with Crippen LogP contribution in [-0.2, 0) is 12.8 Å². The van der Waals surface area contributed by atoms with Crippen LogP contribution in [0, 0.1) is 0 Å². The number of hydrogen-bond donors (Lipinski definition) is 0. The van der Waals surface area contributed by atoms with Crippen LogP contribution in [0.15, 0.2) is 47.8 Å². The van der Waals surface area contributed by atoms with Gasteiger partial charge < -0.3 is 0 Å². The molecule has 0 saturated carbocycles. The minimum absolute atomic E-state index is 0.846. The van der Waals surface area contributed by atoms with Crippen LogP contribution < -0.4 is 0 Å². The number of rotatable bonds is 4. The van der Waals surface area contributed by atoms with E-state index in [1.807, 2.05) is 16.6 Å². The summed E-state index contributed by atoms with van der Waals surface area (Å²) in [5.41, 5.74) is 1.31. The lowest BCUT2D eigenvalue weighted by molar-refractivity contribution is 0.793. The molecule has 4 nitrogen and oxygen atoms in total. The fourth-order valence-corrected chi connectivity index (χ4v) is 3.86. The smallest absolute Gasteiger partial charge is 0.187 e. The van der Waals surface area contributed by atoms with Crippen molar-refractivity contribution in [1.29, 1.82) is 0 Å². The van der Waals surface area contributed by atoms with Crippen molar-refractivity contribution in [2.45, 2.75) is 12.8 Å². The van der Waals surface area contributed by atoms with Gasteiger partial charge in [-0.25, -0.2) is 0 Å². The highest BCUT2D eigenvalue weighted by Crippen LogP contribution is 2.29. The van der Waals surface area contributed by atoms with Gasteiger partial charge in [-0.15, -0.1) is 21.5 Å². The molecule has 0 aliphatic heterocycles. The lowest BCUT2D eigenvalue weighted by Crippen LogP contribution is -1.99. The molecule has 0 amide bonds. The first kappa shape index (κ1) is 12.7. The molecule has 0 atom stereocenters. The summed E-state index contributed by atoms with van der Waals surface area (Å²) in [5, 5.41) is 16.2. The number of fused-ring (bicyclic) bond motifs is 1. The van der Waals surface area contributed by atoms with Crippen molar-refractivity contribution >= 4 is 27.6 Å². The van der Waals surface area contributed by atoms with Gasteiger partial charge in [-0.2, -0.15) is 9.61 Å². The molecule has 6 heteroatoms. The molecule has 0 saturated heterocycles. The minimum atomic E-state index is 0.846. The second-order valence-corrected chi connectivity index (χ2v) is 6.58. The predicted octanol–water partition coefficient (Wildman–Crippen LogP) is 3.70. The fourth-order valence-electron chi connectivity index (χ4n) is 2.21. The fraction of sp³-hybridized carbons (Fsp3) is 0.133. The van der Waals surface area contributed by atoms with Crippen molar-refractivity contribution in [2.24, 2.45) is 0 Å². The van der Waals surface area contributed by atoms with Gasteiger partial charge in [0, 0.05) is 6.42 Å². The molecule has 21 heavy (non-hydrogen) atoms. The minimum Gasteiger partial charge on any atom is -0.187 e. The van der Waals surface area contributed by atoms with E-state index in [0.29, 0.717) is 0 Å². The first-order valence-electron chi connectivity index (χ1n) is 6.69. The van der Waals surface area contributed by atoms with Crippen LogP contribution in [0.4, 0.5) is 0 Å². The number of hydrogen-bond acceptors (Lipinski definition) is 5. The van der Waals surface area contributed by atoms with E-state index >= 15 is 0 Å². The Hall–Kier alpha value is -2.05. The summed E-state index contributed by atoms with van der Waals surface area (Å²) >= 11 is 3.28. The molecule has 0 aliphatic carbocycles. The van der Waals surface area contributed by atoms with Gasteiger partial charge in [0.1, 0.15) is 0 Å². The number of benzene rings is 1. The van der Waals surface area contributed by atoms with Gasteiger partial charge in [-0.05, 0) is 23.4 Å². The zero-order valence-corrected chi connectivity index (χ0v) is 12.8. The second-order valence-electron chi connectivity index (χ2n) is 4.68. The molecule has 0 bridgehead atoms. The van der Waals surface area contributed by atoms with Crippen LogP contribution in [0.2, 0.25) is 0 Å². The molecule has 3 aromatic heterocycles. The zero-order chi connectivity index (χ0) is 14.1. The van der Waals surface area contributed by atoms with Crippen molar-refractivity contribution in [3.05, 3.63) is 59.2 Å². The summed E-state index contributed by atoms with van der Waals surface area (Å²) in [6.45, 7) is 0. The van der Waals surface area contributed by atoms with E-state index in [0.717, 1.165) is 28.6 Å². The molecular weight excluding hydrogens is 300 g/mol. The number of aromatic nitrogens is 4. The highest BCUT2D eigenvalue weighted by Gasteiger charge is 2.13. The Morgan fingerprint density at radius 1 is 0.952 bits per heavy atom. The third-order valence-electron chi connectivity index (χ3n) is 3.27. The Morgan fingerprint density at radius 3 is 2.67 bits per heavy atom. The number of thiophene rings is 1. The molecule has 0 unspecified atom stereocenters. The van der Waals surface area contributed by atoms with Crippen molar-refractivity contribution in [3.8, 4) is 9.88 Å². The lowest BCUT2D eigenvalue weighted by atomic mass is 10.1. The third kappa shape index (κ3) is 2.48. The van der Waals surface area contributed by atoms with Crippen LogP contribution in [0.3, 0.4) is 0 Å². The molecule has 3 heterocycles. The lowest BCUT2D eigenvalue weighted by Gasteiger charge is -1.98. The zero-order valence-electron chi connectivity index (χ0n) is 11.1. The first-order chi connectivity index (χ1) is 10.4. The monoisotopic (exact) mass is 312 g/mol. The van der Waals surface area contributed by atoms with Crippen molar-refractivity contribution < 1.29 is 0 Å². The maximum absolute atomic E-state index is 4.65. The summed E-state index contributed by atoms with van der Waals surface area (Å²) in [4.78, 5) is 2.04. The van der Waals surface area contributed by atoms with Gasteiger partial charge in [0.2, 0.25) is 4.96 Å². The molecule has 4 aromatic rings. The van der Waals surface area contributed by atoms with Crippen LogP contribution in [0.1, 0.15) is 11.4 Å². The Balaban J connectivity index is 1.61. The molecule has 4 rings (SSSR count). The maximum Gasteiger partial charge on any atom is 0.235 e. The first-order valence-corrected chi connectivity index (χ1v) is 8.39. The van der Waals surface area contributed by atoms with Crippen LogP contribution in [-0.4, -0.2) is 19.8 Å². The summed E-state index contributed by atoms with van der Waals surface area (Å²) in [5.74, 6) is 0.924. The van der Waals surface area contributed by atoms with E-state index in [-0.39, 0.29) is 0 Å². The number of aryl methyl sites for hydroxylation is 2. The van der Waals surface area contributed by atoms with Gasteiger partial charge in [-0.3, -0.25) is 0 Å². The Labute approximate surface area is 129 Å². The average molecular weight is 312 g/mol. The van der Waals surface area contributed by atoms with Gasteiger partial charge in [-0.1, -0.05) is 47.7 Å². The Bertz CT molecular complexity index is 846. The quantitative estimate of drug-likeness (QED) is 0.577. The summed E-state index contributed by atoms with van der Waals surface area (Å²) in [6, 6.07) is 14.6. The highest BCUT2D eigenvalue weighted by molar-refractivity contribution is 7.23. The average Bonchev–Trinajstić information content (AvgIpc) is 3.23. The van der Waals surface area contributed by atoms with E-state index in [1.165, 1.54) is 10.4 Å². The van der Waals surface area contributed by atoms with E-state index in [2.05, 4.69) is 51.0 Å². The molecule has 0 N–H and O–H groups in total. The van der Waals surface area contributed by atoms with Crippen LogP contribution >= 0.6 is 22.7 Å². The highest BCUT2D eigenvalue weighted by atomic mass is 32.1. The van der Waals surface area contributed by atoms with Crippen molar-refractivity contribution in [1.82, 2.24) is 19.8 Å². The number of nitrogens with zero attached hydrogens (tertiary/aromatic N) is 4. The molecule has 1 aromatic carbocycles. The predicted molar refractivity (Wildman–Crippen MR) is 85.8 cm³/mol. The molecule has 0 fully saturated rings. The van der Waals surface area contributed by atoms with E-state index < -0.39 is 0 Å². The van der Waals surface area contributed by atoms with Gasteiger partial charge in [0.25, 0.3) is 0 Å². The maximum atomic E-state index is 4.65. The summed E-state index contributed by atoms with van der Waals surface area (Å²) in [6.07, 6.45) is 1.80. The second kappa shape index (κ2) is 5.38. The van der Waals surface area contributed by atoms with Gasteiger partial charge >= 0.3 is 0 Å². The standard InChI is InChI=1S/C15H12N4S2/c1-2-5-11(6-3-1)8-9-13-16-17-15-19(13)18-14(21-15)12-7-4-10-20-12/h1-7,10H,8-9H2. The Morgan fingerprint density at radius 2 is 1.86 bits per heavy atom. The normalized spacial score (nSPS) is 11.2. The Kier molecular flexibility index (Phi) is 3.25. The van der Waals surface area contributed by atoms with E-state index in [4.69, 9.17) is 0 Å². The summed E-state index contributed by atoms with van der Waals surface area (Å²) in [7, 11) is 0. The summed E-state index contributed by atoms with van der Waals surface area (Å²) < 4.78 is 1.88. The van der Waals surface area contributed by atoms with Crippen molar-refractivity contribution in [3.63, 3.8) is 0 Å². The molecule has 0 spiro atoms. The molecule has 0 aliphatic rings. The topological polar surface area (TPSA) is 43.1 Å². The van der Waals surface area contributed by atoms with Gasteiger partial charge in [0.15, 0.2) is 10.8 Å². The SMILES string of the molecule is c1ccc(CCc2nnc3sc(-c4cccs4)nn23)cc1. The molecule has 0 radical (unpaired) electrons. The molecule has 104 valence electrons. The van der Waals surface area contributed by atoms with Crippen LogP contribution in [0.5, 0.6) is 0 Å². The largest absolute Gasteiger partial charge is 0.235 e. The van der Waals surface area contributed by atoms with Gasteiger partial charge in [0.05, 0.1) is 4.88 Å². The van der Waals surface area contributed by atoms with E-state index in [1.54, 1.807) is 22.7 Å².